The van der Waals surface area contributed by atoms with E-state index in [1.54, 1.807) is 0 Å². The maximum Gasteiger partial charge on any atom is -0.0279 e. The van der Waals surface area contributed by atoms with Crippen LogP contribution in [-0.4, -0.2) is 0 Å². The Labute approximate surface area is 119 Å². The van der Waals surface area contributed by atoms with Gasteiger partial charge in [-0.2, -0.15) is 0 Å². The van der Waals surface area contributed by atoms with Crippen LogP contribution in [0.25, 0.3) is 0 Å². The van der Waals surface area contributed by atoms with E-state index in [9.17, 15) is 0 Å². The molecule has 0 bridgehead atoms. The lowest BCUT2D eigenvalue weighted by molar-refractivity contribution is 0.332. The van der Waals surface area contributed by atoms with Crippen LogP contribution in [0, 0.1) is 5.92 Å². The van der Waals surface area contributed by atoms with E-state index < -0.39 is 0 Å². The summed E-state index contributed by atoms with van der Waals surface area (Å²) in [7, 11) is 0. The predicted molar refractivity (Wildman–Crippen MR) is 84.6 cm³/mol. The van der Waals surface area contributed by atoms with Crippen LogP contribution < -0.4 is 0 Å². The third-order valence-electron chi connectivity index (χ3n) is 4.64. The topological polar surface area (TPSA) is 0 Å². The second kappa shape index (κ2) is 8.40. The van der Waals surface area contributed by atoms with Gasteiger partial charge < -0.3 is 0 Å². The first kappa shape index (κ1) is 14.6. The monoisotopic (exact) mass is 258 g/mol. The molecule has 0 heterocycles. The standard InChI is InChI=1S/C19H30/c1-2-3-8-18-13-15-19(16-14-18)12-7-11-17-9-5-4-6-10-17/h13-17H,2-12H2,1H3. The zero-order chi connectivity index (χ0) is 13.3. The van der Waals surface area contributed by atoms with Gasteiger partial charge >= 0.3 is 0 Å². The fraction of sp³-hybridized carbons (Fsp3) is 0.684. The molecule has 0 amide bonds. The molecule has 2 rings (SSSR count). The third kappa shape index (κ3) is 5.38. The van der Waals surface area contributed by atoms with Gasteiger partial charge in [-0.05, 0) is 42.7 Å². The van der Waals surface area contributed by atoms with E-state index in [-0.39, 0.29) is 0 Å². The SMILES string of the molecule is CCCCc1ccc(CCCC2CCCCC2)cc1. The van der Waals surface area contributed by atoms with Crippen molar-refractivity contribution in [2.75, 3.05) is 0 Å². The zero-order valence-electron chi connectivity index (χ0n) is 12.7. The summed E-state index contributed by atoms with van der Waals surface area (Å²) in [5, 5.41) is 0. The Hall–Kier alpha value is -0.780. The quantitative estimate of drug-likeness (QED) is 0.568. The van der Waals surface area contributed by atoms with Crippen molar-refractivity contribution in [1.29, 1.82) is 0 Å². The van der Waals surface area contributed by atoms with E-state index in [4.69, 9.17) is 0 Å². The number of benzene rings is 1. The smallest absolute Gasteiger partial charge is 0.0279 e. The van der Waals surface area contributed by atoms with Gasteiger partial charge in [-0.15, -0.1) is 0 Å². The highest BCUT2D eigenvalue weighted by molar-refractivity contribution is 5.22. The van der Waals surface area contributed by atoms with Crippen LogP contribution in [0.2, 0.25) is 0 Å². The van der Waals surface area contributed by atoms with Gasteiger partial charge in [0.25, 0.3) is 0 Å². The molecule has 1 aromatic carbocycles. The molecule has 0 N–H and O–H groups in total. The van der Waals surface area contributed by atoms with Gasteiger partial charge in [-0.3, -0.25) is 0 Å². The molecule has 106 valence electrons. The molecule has 1 aliphatic carbocycles. The molecule has 0 aromatic heterocycles. The molecule has 0 aliphatic heterocycles. The molecule has 0 saturated heterocycles. The Bertz CT molecular complexity index is 330. The van der Waals surface area contributed by atoms with Crippen molar-refractivity contribution in [3.8, 4) is 0 Å². The summed E-state index contributed by atoms with van der Waals surface area (Å²) >= 11 is 0. The summed E-state index contributed by atoms with van der Waals surface area (Å²) in [4.78, 5) is 0. The second-order valence-electron chi connectivity index (χ2n) is 6.32. The van der Waals surface area contributed by atoms with Gasteiger partial charge in [-0.1, -0.05) is 76.1 Å². The van der Waals surface area contributed by atoms with Gasteiger partial charge in [0, 0.05) is 0 Å². The number of hydrogen-bond acceptors (Lipinski definition) is 0. The predicted octanol–water partition coefficient (Wildman–Crippen LogP) is 5.93. The minimum Gasteiger partial charge on any atom is -0.0654 e. The van der Waals surface area contributed by atoms with Crippen LogP contribution >= 0.6 is 0 Å². The van der Waals surface area contributed by atoms with E-state index in [1.807, 2.05) is 0 Å². The van der Waals surface area contributed by atoms with Crippen LogP contribution in [0.3, 0.4) is 0 Å². The summed E-state index contributed by atoms with van der Waals surface area (Å²) in [6, 6.07) is 9.38. The molecule has 0 atom stereocenters. The minimum absolute atomic E-state index is 1.04. The van der Waals surface area contributed by atoms with Gasteiger partial charge in [-0.25, -0.2) is 0 Å². The van der Waals surface area contributed by atoms with Gasteiger partial charge in [0.05, 0.1) is 0 Å². The van der Waals surface area contributed by atoms with Crippen LogP contribution in [0.5, 0.6) is 0 Å². The highest BCUT2D eigenvalue weighted by Gasteiger charge is 2.12. The number of unbranched alkanes of at least 4 members (excludes halogenated alkanes) is 1. The zero-order valence-corrected chi connectivity index (χ0v) is 12.7. The molecular weight excluding hydrogens is 228 g/mol. The average molecular weight is 258 g/mol. The summed E-state index contributed by atoms with van der Waals surface area (Å²) in [6.07, 6.45) is 15.4. The van der Waals surface area contributed by atoms with E-state index >= 15 is 0 Å². The van der Waals surface area contributed by atoms with Crippen LogP contribution in [0.1, 0.15) is 75.8 Å². The Morgan fingerprint density at radius 1 is 0.842 bits per heavy atom. The van der Waals surface area contributed by atoms with Gasteiger partial charge in [0.2, 0.25) is 0 Å². The van der Waals surface area contributed by atoms with E-state index in [0.717, 1.165) is 5.92 Å². The van der Waals surface area contributed by atoms with E-state index in [2.05, 4.69) is 31.2 Å². The molecular formula is C19H30. The van der Waals surface area contributed by atoms with Crippen molar-refractivity contribution in [3.63, 3.8) is 0 Å². The maximum absolute atomic E-state index is 2.35. The van der Waals surface area contributed by atoms with Crippen molar-refractivity contribution in [1.82, 2.24) is 0 Å². The van der Waals surface area contributed by atoms with Crippen LogP contribution in [-0.2, 0) is 12.8 Å². The molecule has 1 aliphatic rings. The van der Waals surface area contributed by atoms with E-state index in [0.29, 0.717) is 0 Å². The van der Waals surface area contributed by atoms with Crippen molar-refractivity contribution >= 4 is 0 Å². The number of hydrogen-bond donors (Lipinski definition) is 0. The number of rotatable bonds is 7. The van der Waals surface area contributed by atoms with Crippen molar-refractivity contribution in [2.24, 2.45) is 5.92 Å². The normalized spacial score (nSPS) is 16.7. The summed E-state index contributed by atoms with van der Waals surface area (Å²) < 4.78 is 0. The lowest BCUT2D eigenvalue weighted by Gasteiger charge is -2.21. The minimum atomic E-state index is 1.04. The number of aryl methyl sites for hydroxylation is 2. The van der Waals surface area contributed by atoms with Crippen LogP contribution in [0.15, 0.2) is 24.3 Å². The van der Waals surface area contributed by atoms with Crippen LogP contribution in [0.4, 0.5) is 0 Å². The Balaban J connectivity index is 1.67. The summed E-state index contributed by atoms with van der Waals surface area (Å²) in [5.74, 6) is 1.04. The first-order valence-corrected chi connectivity index (χ1v) is 8.46. The average Bonchev–Trinajstić information content (AvgIpc) is 2.47. The molecule has 0 unspecified atom stereocenters. The Morgan fingerprint density at radius 2 is 1.42 bits per heavy atom. The highest BCUT2D eigenvalue weighted by Crippen LogP contribution is 2.27. The molecule has 19 heavy (non-hydrogen) atoms. The molecule has 0 nitrogen and oxygen atoms in total. The summed E-state index contributed by atoms with van der Waals surface area (Å²) in [6.45, 7) is 2.26. The molecule has 0 radical (unpaired) electrons. The lowest BCUT2D eigenvalue weighted by Crippen LogP contribution is -2.06. The fourth-order valence-electron chi connectivity index (χ4n) is 3.32. The fourth-order valence-corrected chi connectivity index (χ4v) is 3.32. The Morgan fingerprint density at radius 3 is 2.00 bits per heavy atom. The second-order valence-corrected chi connectivity index (χ2v) is 6.32. The molecule has 1 saturated carbocycles. The first-order chi connectivity index (χ1) is 9.38. The van der Waals surface area contributed by atoms with Gasteiger partial charge in [0.1, 0.15) is 0 Å². The maximum atomic E-state index is 2.35. The Kier molecular flexibility index (Phi) is 6.47. The lowest BCUT2D eigenvalue weighted by atomic mass is 9.85. The van der Waals surface area contributed by atoms with Crippen molar-refractivity contribution in [2.45, 2.75) is 77.6 Å². The first-order valence-electron chi connectivity index (χ1n) is 8.46. The largest absolute Gasteiger partial charge is 0.0654 e. The van der Waals surface area contributed by atoms with Crippen molar-refractivity contribution in [3.05, 3.63) is 35.4 Å². The molecule has 1 fully saturated rings. The molecule has 1 aromatic rings. The van der Waals surface area contributed by atoms with E-state index in [1.165, 1.54) is 81.8 Å². The molecule has 0 heteroatoms. The van der Waals surface area contributed by atoms with Gasteiger partial charge in [0.15, 0.2) is 0 Å². The third-order valence-corrected chi connectivity index (χ3v) is 4.64. The summed E-state index contributed by atoms with van der Waals surface area (Å²) in [5.41, 5.74) is 3.05. The van der Waals surface area contributed by atoms with Crippen molar-refractivity contribution < 1.29 is 0 Å². The molecule has 0 spiro atoms. The highest BCUT2D eigenvalue weighted by atomic mass is 14.2.